The second-order valence-electron chi connectivity index (χ2n) is 6.43. The zero-order chi connectivity index (χ0) is 19.1. The molecule has 2 aromatic rings. The Morgan fingerprint density at radius 3 is 2.74 bits per heavy atom. The van der Waals surface area contributed by atoms with Gasteiger partial charge in [-0.1, -0.05) is 13.0 Å². The minimum atomic E-state index is 0.634. The van der Waals surface area contributed by atoms with Crippen LogP contribution in [0.5, 0.6) is 5.75 Å². The summed E-state index contributed by atoms with van der Waals surface area (Å²) in [5.74, 6) is 1.88. The van der Waals surface area contributed by atoms with Crippen LogP contribution in [-0.2, 0) is 13.0 Å². The van der Waals surface area contributed by atoms with Crippen molar-refractivity contribution in [3.63, 3.8) is 0 Å². The van der Waals surface area contributed by atoms with Crippen LogP contribution in [0.2, 0.25) is 0 Å². The summed E-state index contributed by atoms with van der Waals surface area (Å²) in [6.07, 6.45) is 0.987. The van der Waals surface area contributed by atoms with Gasteiger partial charge in [-0.3, -0.25) is 0 Å². The first-order chi connectivity index (χ1) is 13.2. The molecular weight excluding hydrogens is 358 g/mol. The quantitative estimate of drug-likeness (QED) is 0.610. The molecule has 3 rings (SSSR count). The Labute approximate surface area is 165 Å². The van der Waals surface area contributed by atoms with E-state index in [1.807, 2.05) is 12.1 Å². The number of aromatic nitrogens is 1. The lowest BCUT2D eigenvalue weighted by atomic mass is 10.2. The number of aryl methyl sites for hydroxylation is 1. The topological polar surface area (TPSA) is 53.0 Å². The maximum atomic E-state index is 5.35. The monoisotopic (exact) mass is 387 g/mol. The zero-order valence-electron chi connectivity index (χ0n) is 16.4. The molecule has 0 aliphatic carbocycles. The van der Waals surface area contributed by atoms with Crippen LogP contribution in [0.1, 0.15) is 24.5 Å². The van der Waals surface area contributed by atoms with Crippen molar-refractivity contribution in [3.05, 3.63) is 40.3 Å². The van der Waals surface area contributed by atoms with E-state index in [0.29, 0.717) is 6.54 Å². The van der Waals surface area contributed by atoms with Gasteiger partial charge >= 0.3 is 0 Å². The highest BCUT2D eigenvalue weighted by Crippen LogP contribution is 2.22. The van der Waals surface area contributed by atoms with Crippen molar-refractivity contribution in [1.82, 2.24) is 15.2 Å². The molecule has 0 unspecified atom stereocenters. The summed E-state index contributed by atoms with van der Waals surface area (Å²) < 4.78 is 5.35. The Morgan fingerprint density at radius 2 is 2.07 bits per heavy atom. The van der Waals surface area contributed by atoms with Crippen LogP contribution in [0, 0.1) is 0 Å². The van der Waals surface area contributed by atoms with E-state index in [9.17, 15) is 0 Å². The van der Waals surface area contributed by atoms with E-state index in [2.05, 4.69) is 51.5 Å². The molecule has 7 heteroatoms. The molecule has 0 amide bonds. The van der Waals surface area contributed by atoms with Gasteiger partial charge in [0.25, 0.3) is 0 Å². The van der Waals surface area contributed by atoms with Crippen molar-refractivity contribution in [3.8, 4) is 5.75 Å². The molecule has 1 aromatic heterocycles. The molecule has 146 valence electrons. The number of guanidine groups is 1. The number of hydrogen-bond acceptors (Lipinski definition) is 5. The minimum absolute atomic E-state index is 0.634. The third-order valence-electron chi connectivity index (χ3n) is 4.63. The number of piperazine rings is 1. The molecule has 0 spiro atoms. The van der Waals surface area contributed by atoms with E-state index in [4.69, 9.17) is 9.73 Å². The summed E-state index contributed by atoms with van der Waals surface area (Å²) in [6.45, 7) is 9.57. The van der Waals surface area contributed by atoms with Gasteiger partial charge in [0.1, 0.15) is 5.75 Å². The molecule has 1 saturated heterocycles. The highest BCUT2D eigenvalue weighted by molar-refractivity contribution is 7.09. The number of thiazole rings is 1. The van der Waals surface area contributed by atoms with Crippen molar-refractivity contribution < 1.29 is 4.74 Å². The largest absolute Gasteiger partial charge is 0.497 e. The molecule has 1 aliphatic heterocycles. The summed E-state index contributed by atoms with van der Waals surface area (Å²) in [5, 5.41) is 6.72. The fourth-order valence-corrected chi connectivity index (χ4v) is 3.89. The summed E-state index contributed by atoms with van der Waals surface area (Å²) in [5.41, 5.74) is 2.27. The van der Waals surface area contributed by atoms with E-state index in [-0.39, 0.29) is 0 Å². The van der Waals surface area contributed by atoms with Gasteiger partial charge in [-0.2, -0.15) is 0 Å². The fourth-order valence-electron chi connectivity index (χ4n) is 3.15. The molecule has 1 aliphatic rings. The van der Waals surface area contributed by atoms with Crippen molar-refractivity contribution in [2.24, 2.45) is 4.99 Å². The number of ether oxygens (including phenoxy) is 1. The standard InChI is InChI=1S/C20H29N5OS/c1-4-19-23-16(15-27-19)14-22-20(21-5-2)25-11-9-24(10-12-25)17-7-6-8-18(13-17)26-3/h6-8,13,15H,4-5,9-12,14H2,1-3H3,(H,21,22). The molecule has 0 bridgehead atoms. The van der Waals surface area contributed by atoms with E-state index in [1.165, 1.54) is 10.7 Å². The predicted molar refractivity (Wildman–Crippen MR) is 113 cm³/mol. The van der Waals surface area contributed by atoms with E-state index in [1.54, 1.807) is 18.4 Å². The van der Waals surface area contributed by atoms with Crippen molar-refractivity contribution in [1.29, 1.82) is 0 Å². The number of rotatable bonds is 6. The second kappa shape index (κ2) is 9.60. The van der Waals surface area contributed by atoms with Gasteiger partial charge in [-0.25, -0.2) is 9.98 Å². The number of nitrogens with zero attached hydrogens (tertiary/aromatic N) is 4. The number of aliphatic imine (C=N–C) groups is 1. The lowest BCUT2D eigenvalue weighted by Gasteiger charge is -2.37. The van der Waals surface area contributed by atoms with Crippen LogP contribution in [0.15, 0.2) is 34.6 Å². The van der Waals surface area contributed by atoms with Crippen molar-refractivity contribution in [2.45, 2.75) is 26.8 Å². The van der Waals surface area contributed by atoms with E-state index >= 15 is 0 Å². The first kappa shape index (κ1) is 19.5. The summed E-state index contributed by atoms with van der Waals surface area (Å²) in [6, 6.07) is 8.27. The molecule has 0 atom stereocenters. The Kier molecular flexibility index (Phi) is 6.92. The number of anilines is 1. The van der Waals surface area contributed by atoms with Crippen LogP contribution >= 0.6 is 11.3 Å². The Bertz CT molecular complexity index is 752. The van der Waals surface area contributed by atoms with Crippen LogP contribution in [-0.4, -0.2) is 55.7 Å². The van der Waals surface area contributed by atoms with Gasteiger partial charge in [0.15, 0.2) is 5.96 Å². The van der Waals surface area contributed by atoms with Gasteiger partial charge in [0.2, 0.25) is 0 Å². The third-order valence-corrected chi connectivity index (χ3v) is 5.67. The van der Waals surface area contributed by atoms with Crippen LogP contribution in [0.3, 0.4) is 0 Å². The third kappa shape index (κ3) is 5.13. The molecule has 0 radical (unpaired) electrons. The van der Waals surface area contributed by atoms with Crippen molar-refractivity contribution in [2.75, 3.05) is 44.7 Å². The number of benzene rings is 1. The lowest BCUT2D eigenvalue weighted by Crippen LogP contribution is -2.52. The molecular formula is C20H29N5OS. The van der Waals surface area contributed by atoms with Gasteiger partial charge in [0.05, 0.1) is 24.4 Å². The Morgan fingerprint density at radius 1 is 1.26 bits per heavy atom. The molecule has 0 saturated carbocycles. The molecule has 2 heterocycles. The van der Waals surface area contributed by atoms with Gasteiger partial charge in [-0.15, -0.1) is 11.3 Å². The lowest BCUT2D eigenvalue weighted by molar-refractivity contribution is 0.372. The van der Waals surface area contributed by atoms with Crippen LogP contribution in [0.25, 0.3) is 0 Å². The predicted octanol–water partition coefficient (Wildman–Crippen LogP) is 3.00. The summed E-state index contributed by atoms with van der Waals surface area (Å²) >= 11 is 1.72. The fraction of sp³-hybridized carbons (Fsp3) is 0.500. The normalized spacial score (nSPS) is 15.1. The average Bonchev–Trinajstić information content (AvgIpc) is 3.19. The minimum Gasteiger partial charge on any atom is -0.497 e. The van der Waals surface area contributed by atoms with Crippen LogP contribution < -0.4 is 15.0 Å². The maximum Gasteiger partial charge on any atom is 0.194 e. The highest BCUT2D eigenvalue weighted by Gasteiger charge is 2.20. The number of hydrogen-bond donors (Lipinski definition) is 1. The summed E-state index contributed by atoms with van der Waals surface area (Å²) in [7, 11) is 1.71. The molecule has 1 aromatic carbocycles. The number of nitrogens with one attached hydrogen (secondary N) is 1. The Balaban J connectivity index is 1.61. The highest BCUT2D eigenvalue weighted by atomic mass is 32.1. The molecule has 27 heavy (non-hydrogen) atoms. The average molecular weight is 388 g/mol. The SMILES string of the molecule is CCNC(=NCc1csc(CC)n1)N1CCN(c2cccc(OC)c2)CC1. The summed E-state index contributed by atoms with van der Waals surface area (Å²) in [4.78, 5) is 14.2. The first-order valence-electron chi connectivity index (χ1n) is 9.59. The molecule has 6 nitrogen and oxygen atoms in total. The van der Waals surface area contributed by atoms with Gasteiger partial charge in [0, 0.05) is 49.9 Å². The van der Waals surface area contributed by atoms with E-state index in [0.717, 1.165) is 56.5 Å². The second-order valence-corrected chi connectivity index (χ2v) is 7.37. The number of methoxy groups -OCH3 is 1. The van der Waals surface area contributed by atoms with Crippen LogP contribution in [0.4, 0.5) is 5.69 Å². The van der Waals surface area contributed by atoms with E-state index < -0.39 is 0 Å². The van der Waals surface area contributed by atoms with Gasteiger partial charge in [-0.05, 0) is 25.5 Å². The molecule has 1 N–H and O–H groups in total. The van der Waals surface area contributed by atoms with Gasteiger partial charge < -0.3 is 19.9 Å². The molecule has 1 fully saturated rings. The first-order valence-corrected chi connectivity index (χ1v) is 10.5. The zero-order valence-corrected chi connectivity index (χ0v) is 17.3. The Hall–Kier alpha value is -2.28. The smallest absolute Gasteiger partial charge is 0.194 e. The van der Waals surface area contributed by atoms with Crippen molar-refractivity contribution >= 4 is 23.0 Å². The maximum absolute atomic E-state index is 5.35.